The van der Waals surface area contributed by atoms with Crippen LogP contribution in [0.5, 0.6) is 0 Å². The number of aliphatic hydroxyl groups excluding tert-OH is 3. The second kappa shape index (κ2) is 7.30. The van der Waals surface area contributed by atoms with Gasteiger partial charge in [0.2, 0.25) is 5.78 Å². The van der Waals surface area contributed by atoms with Crippen molar-refractivity contribution in [3.8, 4) is 0 Å². The maximum atomic E-state index is 12.6. The highest BCUT2D eigenvalue weighted by Crippen LogP contribution is 2.27. The first-order valence-corrected chi connectivity index (χ1v) is 7.82. The van der Waals surface area contributed by atoms with Gasteiger partial charge in [0.05, 0.1) is 13.2 Å². The molecule has 0 spiro atoms. The number of pyridine rings is 1. The van der Waals surface area contributed by atoms with Crippen LogP contribution in [0.2, 0.25) is 0 Å². The molecule has 0 amide bonds. The van der Waals surface area contributed by atoms with Gasteiger partial charge in [0.25, 0.3) is 5.56 Å². The van der Waals surface area contributed by atoms with E-state index in [1.807, 2.05) is 0 Å². The summed E-state index contributed by atoms with van der Waals surface area (Å²) in [4.78, 5) is 40.8. The number of rotatable bonds is 5. The lowest BCUT2D eigenvalue weighted by Gasteiger charge is -2.18. The first-order chi connectivity index (χ1) is 12.4. The Balaban J connectivity index is 1.94. The molecule has 10 nitrogen and oxygen atoms in total. The largest absolute Gasteiger partial charge is 0.394 e. The summed E-state index contributed by atoms with van der Waals surface area (Å²) < 4.78 is 6.87. The average Bonchev–Trinajstić information content (AvgIpc) is 2.94. The zero-order chi connectivity index (χ0) is 18.8. The van der Waals surface area contributed by atoms with Crippen molar-refractivity contribution in [2.45, 2.75) is 31.1 Å². The molecule has 3 N–H and O–H groups in total. The number of aliphatic hydroxyl groups is 3. The van der Waals surface area contributed by atoms with Gasteiger partial charge in [-0.05, 0) is 12.1 Å². The highest BCUT2D eigenvalue weighted by molar-refractivity contribution is 5.93. The number of ether oxygens (including phenoxy) is 1. The molecule has 1 aliphatic rings. The van der Waals surface area contributed by atoms with Crippen molar-refractivity contribution in [1.29, 1.82) is 0 Å². The van der Waals surface area contributed by atoms with E-state index < -0.39 is 54.7 Å². The van der Waals surface area contributed by atoms with E-state index in [4.69, 9.17) is 9.84 Å². The van der Waals surface area contributed by atoms with Crippen LogP contribution >= 0.6 is 0 Å². The van der Waals surface area contributed by atoms with Gasteiger partial charge >= 0.3 is 5.69 Å². The smallest absolute Gasteiger partial charge is 0.333 e. The van der Waals surface area contributed by atoms with Gasteiger partial charge in [-0.2, -0.15) is 0 Å². The minimum Gasteiger partial charge on any atom is -0.394 e. The van der Waals surface area contributed by atoms with E-state index in [1.165, 1.54) is 12.3 Å². The SMILES string of the molecule is O=C(Cn1c(=O)ccn([C@@H]2O[C@H](CO)[C@@H](O)[C@H]2O)c1=O)c1ccccn1. The Morgan fingerprint density at radius 2 is 1.96 bits per heavy atom. The van der Waals surface area contributed by atoms with Gasteiger partial charge in [-0.25, -0.2) is 4.79 Å². The van der Waals surface area contributed by atoms with Gasteiger partial charge in [0.1, 0.15) is 24.0 Å². The summed E-state index contributed by atoms with van der Waals surface area (Å²) in [5, 5.41) is 29.0. The number of hydrogen-bond donors (Lipinski definition) is 3. The molecule has 4 atom stereocenters. The molecule has 0 bridgehead atoms. The van der Waals surface area contributed by atoms with Gasteiger partial charge in [0, 0.05) is 18.5 Å². The second-order valence-corrected chi connectivity index (χ2v) is 5.80. The van der Waals surface area contributed by atoms with Gasteiger partial charge in [-0.15, -0.1) is 0 Å². The Bertz CT molecular complexity index is 908. The number of aromatic nitrogens is 3. The number of hydrogen-bond acceptors (Lipinski definition) is 8. The summed E-state index contributed by atoms with van der Waals surface area (Å²) >= 11 is 0. The third-order valence-corrected chi connectivity index (χ3v) is 4.14. The molecular weight excluding hydrogens is 346 g/mol. The Morgan fingerprint density at radius 3 is 2.58 bits per heavy atom. The molecule has 0 radical (unpaired) electrons. The molecule has 1 aliphatic heterocycles. The molecule has 2 aromatic rings. The molecule has 2 aromatic heterocycles. The van der Waals surface area contributed by atoms with E-state index in [9.17, 15) is 24.6 Å². The van der Waals surface area contributed by atoms with E-state index in [0.717, 1.165) is 16.8 Å². The minimum absolute atomic E-state index is 0.0992. The quantitative estimate of drug-likeness (QED) is 0.513. The maximum Gasteiger partial charge on any atom is 0.333 e. The average molecular weight is 363 g/mol. The zero-order valence-corrected chi connectivity index (χ0v) is 13.5. The van der Waals surface area contributed by atoms with Crippen molar-refractivity contribution >= 4 is 5.78 Å². The van der Waals surface area contributed by atoms with Crippen LogP contribution in [0.4, 0.5) is 0 Å². The normalized spacial score (nSPS) is 25.3. The van der Waals surface area contributed by atoms with Crippen LogP contribution in [0.25, 0.3) is 0 Å². The lowest BCUT2D eigenvalue weighted by atomic mass is 10.1. The molecule has 0 unspecified atom stereocenters. The predicted octanol–water partition coefficient (Wildman–Crippen LogP) is -2.10. The van der Waals surface area contributed by atoms with Gasteiger partial charge in [-0.1, -0.05) is 6.07 Å². The van der Waals surface area contributed by atoms with E-state index in [-0.39, 0.29) is 5.69 Å². The summed E-state index contributed by atoms with van der Waals surface area (Å²) in [6.45, 7) is -1.09. The molecular formula is C16H17N3O7. The molecule has 26 heavy (non-hydrogen) atoms. The summed E-state index contributed by atoms with van der Waals surface area (Å²) in [7, 11) is 0. The van der Waals surface area contributed by atoms with E-state index in [0.29, 0.717) is 4.57 Å². The summed E-state index contributed by atoms with van der Waals surface area (Å²) in [6, 6.07) is 5.73. The van der Waals surface area contributed by atoms with Crippen LogP contribution in [0.15, 0.2) is 46.2 Å². The van der Waals surface area contributed by atoms with Crippen molar-refractivity contribution in [1.82, 2.24) is 14.1 Å². The number of nitrogens with zero attached hydrogens (tertiary/aromatic N) is 3. The monoisotopic (exact) mass is 363 g/mol. The summed E-state index contributed by atoms with van der Waals surface area (Å²) in [6.07, 6.45) is -2.73. The van der Waals surface area contributed by atoms with Crippen molar-refractivity contribution in [3.05, 3.63) is 63.2 Å². The fourth-order valence-corrected chi connectivity index (χ4v) is 2.73. The maximum absolute atomic E-state index is 12.6. The van der Waals surface area contributed by atoms with Crippen LogP contribution in [-0.2, 0) is 11.3 Å². The Kier molecular flexibility index (Phi) is 5.09. The van der Waals surface area contributed by atoms with Gasteiger partial charge in [-0.3, -0.25) is 23.7 Å². The van der Waals surface area contributed by atoms with Crippen molar-refractivity contribution in [2.24, 2.45) is 0 Å². The molecule has 1 fully saturated rings. The van der Waals surface area contributed by atoms with Crippen LogP contribution < -0.4 is 11.2 Å². The minimum atomic E-state index is -1.48. The first kappa shape index (κ1) is 18.1. The third kappa shape index (κ3) is 3.22. The van der Waals surface area contributed by atoms with Gasteiger partial charge < -0.3 is 20.1 Å². The first-order valence-electron chi connectivity index (χ1n) is 7.82. The van der Waals surface area contributed by atoms with Crippen molar-refractivity contribution in [2.75, 3.05) is 6.61 Å². The van der Waals surface area contributed by atoms with E-state index in [2.05, 4.69) is 4.98 Å². The third-order valence-electron chi connectivity index (χ3n) is 4.14. The van der Waals surface area contributed by atoms with Crippen LogP contribution in [0.3, 0.4) is 0 Å². The lowest BCUT2D eigenvalue weighted by molar-refractivity contribution is -0.0555. The molecule has 0 saturated carbocycles. The Hall–Kier alpha value is -2.66. The predicted molar refractivity (Wildman–Crippen MR) is 86.5 cm³/mol. The fourth-order valence-electron chi connectivity index (χ4n) is 2.73. The lowest BCUT2D eigenvalue weighted by Crippen LogP contribution is -2.44. The van der Waals surface area contributed by atoms with Crippen LogP contribution in [0.1, 0.15) is 16.7 Å². The number of carbonyl (C=O) groups is 1. The molecule has 0 aliphatic carbocycles. The summed E-state index contributed by atoms with van der Waals surface area (Å²) in [5.74, 6) is -0.538. The number of carbonyl (C=O) groups excluding carboxylic acids is 1. The fraction of sp³-hybridized carbons (Fsp3) is 0.375. The second-order valence-electron chi connectivity index (χ2n) is 5.80. The summed E-state index contributed by atoms with van der Waals surface area (Å²) in [5.41, 5.74) is -1.50. The zero-order valence-electron chi connectivity index (χ0n) is 13.5. The van der Waals surface area contributed by atoms with Crippen LogP contribution in [0, 0.1) is 0 Å². The van der Waals surface area contributed by atoms with Gasteiger partial charge in [0.15, 0.2) is 6.23 Å². The van der Waals surface area contributed by atoms with Crippen molar-refractivity contribution in [3.63, 3.8) is 0 Å². The molecule has 1 saturated heterocycles. The number of Topliss-reactive ketones (excluding diaryl/α,β-unsaturated/α-hetero) is 1. The van der Waals surface area contributed by atoms with E-state index in [1.54, 1.807) is 12.1 Å². The molecule has 138 valence electrons. The molecule has 0 aromatic carbocycles. The highest BCUT2D eigenvalue weighted by atomic mass is 16.6. The standard InChI is InChI=1S/C16H17N3O7/c20-8-11-13(23)14(24)15(26-11)18-6-4-12(22)19(16(18)25)7-10(21)9-3-1-2-5-17-9/h1-6,11,13-15,20,23-24H,7-8H2/t11-,13-,14-,15-/m1/s1. The molecule has 3 rings (SSSR count). The Labute approximate surface area is 146 Å². The molecule has 10 heteroatoms. The van der Waals surface area contributed by atoms with Crippen molar-refractivity contribution < 1.29 is 24.9 Å². The number of ketones is 1. The highest BCUT2D eigenvalue weighted by Gasteiger charge is 2.43. The van der Waals surface area contributed by atoms with E-state index >= 15 is 0 Å². The van der Waals surface area contributed by atoms with Crippen LogP contribution in [-0.4, -0.2) is 60.1 Å². The topological polar surface area (TPSA) is 144 Å². The Morgan fingerprint density at radius 1 is 1.19 bits per heavy atom. The molecule has 3 heterocycles.